The van der Waals surface area contributed by atoms with Gasteiger partial charge in [0, 0.05) is 18.2 Å². The largest absolute Gasteiger partial charge is 0.320 e. The summed E-state index contributed by atoms with van der Waals surface area (Å²) in [6.45, 7) is 2.57. The molecule has 1 aliphatic rings. The highest BCUT2D eigenvalue weighted by molar-refractivity contribution is 7.89. The second-order valence-electron chi connectivity index (χ2n) is 4.44. The van der Waals surface area contributed by atoms with Gasteiger partial charge in [-0.3, -0.25) is 0 Å². The molecule has 2 N–H and O–H groups in total. The zero-order valence-electron chi connectivity index (χ0n) is 11.0. The molecule has 4 nitrogen and oxygen atoms in total. The minimum absolute atomic E-state index is 0.158. The van der Waals surface area contributed by atoms with E-state index in [-0.39, 0.29) is 17.5 Å². The molecule has 0 amide bonds. The highest BCUT2D eigenvalue weighted by atomic mass is 32.2. The normalized spacial score (nSPS) is 15.1. The number of sulfonamides is 1. The standard InChI is InChI=1S/C14H18N2O2S/c1-2-16(13-9-10-13)19(17,18)14-8-4-3-6-12(14)7-5-11-15/h3-4,6,8,13H,2,9-11,15H2,1H3. The Morgan fingerprint density at radius 3 is 2.63 bits per heavy atom. The lowest BCUT2D eigenvalue weighted by molar-refractivity contribution is 0.421. The molecule has 19 heavy (non-hydrogen) atoms. The number of hydrogen-bond donors (Lipinski definition) is 1. The second kappa shape index (κ2) is 5.74. The lowest BCUT2D eigenvalue weighted by Gasteiger charge is -2.20. The summed E-state index contributed by atoms with van der Waals surface area (Å²) in [5.41, 5.74) is 5.87. The Hall–Kier alpha value is -1.35. The van der Waals surface area contributed by atoms with Crippen LogP contribution in [0.1, 0.15) is 25.3 Å². The summed E-state index contributed by atoms with van der Waals surface area (Å²) in [5.74, 6) is 5.55. The summed E-state index contributed by atoms with van der Waals surface area (Å²) in [5, 5.41) is 0. The zero-order chi connectivity index (χ0) is 13.9. The van der Waals surface area contributed by atoms with Crippen molar-refractivity contribution in [3.05, 3.63) is 29.8 Å². The van der Waals surface area contributed by atoms with Crippen molar-refractivity contribution in [2.45, 2.75) is 30.7 Å². The summed E-state index contributed by atoms with van der Waals surface area (Å²) < 4.78 is 26.9. The van der Waals surface area contributed by atoms with Gasteiger partial charge in [-0.15, -0.1) is 0 Å². The van der Waals surface area contributed by atoms with E-state index in [0.29, 0.717) is 12.1 Å². The summed E-state index contributed by atoms with van der Waals surface area (Å²) >= 11 is 0. The van der Waals surface area contributed by atoms with Crippen molar-refractivity contribution >= 4 is 10.0 Å². The minimum Gasteiger partial charge on any atom is -0.320 e. The topological polar surface area (TPSA) is 63.4 Å². The van der Waals surface area contributed by atoms with E-state index in [1.807, 2.05) is 6.92 Å². The molecule has 0 bridgehead atoms. The van der Waals surface area contributed by atoms with Crippen molar-refractivity contribution in [1.29, 1.82) is 0 Å². The fourth-order valence-corrected chi connectivity index (χ4v) is 3.90. The van der Waals surface area contributed by atoms with Gasteiger partial charge >= 0.3 is 0 Å². The van der Waals surface area contributed by atoms with E-state index in [9.17, 15) is 8.42 Å². The fraction of sp³-hybridized carbons (Fsp3) is 0.429. The first kappa shape index (κ1) is 14.1. The van der Waals surface area contributed by atoms with Gasteiger partial charge in [0.05, 0.1) is 11.4 Å². The van der Waals surface area contributed by atoms with Crippen LogP contribution in [0.4, 0.5) is 0 Å². The molecule has 5 heteroatoms. The van der Waals surface area contributed by atoms with Crippen LogP contribution in [0.3, 0.4) is 0 Å². The molecule has 1 fully saturated rings. The maximum atomic E-state index is 12.7. The molecule has 0 aliphatic heterocycles. The first-order chi connectivity index (χ1) is 9.11. The Labute approximate surface area is 114 Å². The predicted octanol–water partition coefficient (Wildman–Crippen LogP) is 1.17. The molecule has 0 atom stereocenters. The number of benzene rings is 1. The summed E-state index contributed by atoms with van der Waals surface area (Å²) in [6.07, 6.45) is 1.90. The van der Waals surface area contributed by atoms with Crippen LogP contribution in [-0.4, -0.2) is 31.9 Å². The molecule has 0 spiro atoms. The average Bonchev–Trinajstić information content (AvgIpc) is 3.21. The smallest absolute Gasteiger partial charge is 0.244 e. The maximum absolute atomic E-state index is 12.7. The van der Waals surface area contributed by atoms with Crippen molar-refractivity contribution < 1.29 is 8.42 Å². The Morgan fingerprint density at radius 2 is 2.05 bits per heavy atom. The molecule has 102 valence electrons. The maximum Gasteiger partial charge on any atom is 0.244 e. The molecule has 1 aliphatic carbocycles. The number of hydrogen-bond acceptors (Lipinski definition) is 3. The van der Waals surface area contributed by atoms with Crippen LogP contribution in [0.15, 0.2) is 29.2 Å². The van der Waals surface area contributed by atoms with E-state index in [1.165, 1.54) is 0 Å². The van der Waals surface area contributed by atoms with Gasteiger partial charge in [-0.25, -0.2) is 8.42 Å². The number of rotatable bonds is 4. The Morgan fingerprint density at radius 1 is 1.37 bits per heavy atom. The molecule has 0 saturated heterocycles. The monoisotopic (exact) mass is 278 g/mol. The van der Waals surface area contributed by atoms with Gasteiger partial charge in [-0.2, -0.15) is 4.31 Å². The lowest BCUT2D eigenvalue weighted by Crippen LogP contribution is -2.33. The minimum atomic E-state index is -3.46. The van der Waals surface area contributed by atoms with E-state index < -0.39 is 10.0 Å². The summed E-state index contributed by atoms with van der Waals surface area (Å²) in [6, 6.07) is 7.00. The lowest BCUT2D eigenvalue weighted by atomic mass is 10.2. The average molecular weight is 278 g/mol. The van der Waals surface area contributed by atoms with Crippen LogP contribution in [0, 0.1) is 11.8 Å². The van der Waals surface area contributed by atoms with Gasteiger partial charge in [-0.1, -0.05) is 30.9 Å². The van der Waals surface area contributed by atoms with Crippen LogP contribution >= 0.6 is 0 Å². The summed E-state index contributed by atoms with van der Waals surface area (Å²) in [4.78, 5) is 0.282. The van der Waals surface area contributed by atoms with Gasteiger partial charge in [-0.05, 0) is 25.0 Å². The molecule has 1 aromatic carbocycles. The third-order valence-electron chi connectivity index (χ3n) is 3.06. The van der Waals surface area contributed by atoms with E-state index in [2.05, 4.69) is 11.8 Å². The number of nitrogens with two attached hydrogens (primary N) is 1. The second-order valence-corrected chi connectivity index (χ2v) is 6.30. The Balaban J connectivity index is 2.45. The van der Waals surface area contributed by atoms with E-state index in [0.717, 1.165) is 12.8 Å². The predicted molar refractivity (Wildman–Crippen MR) is 75.0 cm³/mol. The molecule has 0 heterocycles. The van der Waals surface area contributed by atoms with Crippen molar-refractivity contribution in [3.63, 3.8) is 0 Å². The molecule has 1 aromatic rings. The van der Waals surface area contributed by atoms with E-state index in [1.54, 1.807) is 28.6 Å². The molecule has 0 aromatic heterocycles. The van der Waals surface area contributed by atoms with Gasteiger partial charge in [0.2, 0.25) is 10.0 Å². The van der Waals surface area contributed by atoms with Crippen LogP contribution in [0.25, 0.3) is 0 Å². The van der Waals surface area contributed by atoms with Gasteiger partial charge in [0.15, 0.2) is 0 Å². The first-order valence-electron chi connectivity index (χ1n) is 6.41. The molecular weight excluding hydrogens is 260 g/mol. The molecule has 0 unspecified atom stereocenters. The van der Waals surface area contributed by atoms with Crippen molar-refractivity contribution in [1.82, 2.24) is 4.31 Å². The van der Waals surface area contributed by atoms with Crippen LogP contribution in [0.5, 0.6) is 0 Å². The molecule has 0 radical (unpaired) electrons. The third-order valence-corrected chi connectivity index (χ3v) is 5.15. The molecular formula is C14H18N2O2S. The third kappa shape index (κ3) is 2.98. The Kier molecular flexibility index (Phi) is 4.25. The Bertz CT molecular complexity index is 610. The summed E-state index contributed by atoms with van der Waals surface area (Å²) in [7, 11) is -3.46. The first-order valence-corrected chi connectivity index (χ1v) is 7.85. The molecule has 2 rings (SSSR count). The highest BCUT2D eigenvalue weighted by Gasteiger charge is 2.37. The van der Waals surface area contributed by atoms with Crippen LogP contribution < -0.4 is 5.73 Å². The highest BCUT2D eigenvalue weighted by Crippen LogP contribution is 2.32. The number of nitrogens with zero attached hydrogens (tertiary/aromatic N) is 1. The quantitative estimate of drug-likeness (QED) is 0.841. The van der Waals surface area contributed by atoms with Gasteiger partial charge < -0.3 is 5.73 Å². The van der Waals surface area contributed by atoms with E-state index >= 15 is 0 Å². The van der Waals surface area contributed by atoms with Crippen molar-refractivity contribution in [2.24, 2.45) is 5.73 Å². The fourth-order valence-electron chi connectivity index (χ4n) is 2.05. The van der Waals surface area contributed by atoms with Crippen LogP contribution in [0.2, 0.25) is 0 Å². The van der Waals surface area contributed by atoms with Crippen molar-refractivity contribution in [2.75, 3.05) is 13.1 Å². The van der Waals surface area contributed by atoms with Crippen molar-refractivity contribution in [3.8, 4) is 11.8 Å². The van der Waals surface area contributed by atoms with Gasteiger partial charge in [0.1, 0.15) is 0 Å². The SMILES string of the molecule is CCN(C1CC1)S(=O)(=O)c1ccccc1C#CCN. The van der Waals surface area contributed by atoms with E-state index in [4.69, 9.17) is 5.73 Å². The van der Waals surface area contributed by atoms with Gasteiger partial charge in [0.25, 0.3) is 0 Å². The zero-order valence-corrected chi connectivity index (χ0v) is 11.8. The molecule has 1 saturated carbocycles. The van der Waals surface area contributed by atoms with Crippen LogP contribution in [-0.2, 0) is 10.0 Å².